The molecule has 0 aliphatic carbocycles. The Kier molecular flexibility index (Phi) is 5.13. The summed E-state index contributed by atoms with van der Waals surface area (Å²) in [5.41, 5.74) is 1.63. The number of benzene rings is 2. The maximum absolute atomic E-state index is 13.8. The van der Waals surface area contributed by atoms with Crippen LogP contribution in [0.15, 0.2) is 54.6 Å². The average molecular weight is 273 g/mol. The largest absolute Gasteiger partial charge is 0.391 e. The highest BCUT2D eigenvalue weighted by molar-refractivity contribution is 5.46. The number of rotatable bonds is 6. The highest BCUT2D eigenvalue weighted by atomic mass is 19.1. The molecular formula is C17H20FNO. The third-order valence-electron chi connectivity index (χ3n) is 3.34. The molecule has 0 heterocycles. The summed E-state index contributed by atoms with van der Waals surface area (Å²) >= 11 is 0. The molecule has 0 amide bonds. The minimum absolute atomic E-state index is 0.209. The molecule has 20 heavy (non-hydrogen) atoms. The molecule has 0 aliphatic heterocycles. The first-order valence-electron chi connectivity index (χ1n) is 6.92. The van der Waals surface area contributed by atoms with E-state index in [1.54, 1.807) is 12.1 Å². The normalized spacial score (nSPS) is 12.2. The van der Waals surface area contributed by atoms with Gasteiger partial charge < -0.3 is 10.0 Å². The highest BCUT2D eigenvalue weighted by Gasteiger charge is 2.13. The summed E-state index contributed by atoms with van der Waals surface area (Å²) in [4.78, 5) is 2.01. The predicted octanol–water partition coefficient (Wildman–Crippen LogP) is 3.60. The first-order chi connectivity index (χ1) is 9.70. The molecule has 0 saturated heterocycles. The lowest BCUT2D eigenvalue weighted by Gasteiger charge is -2.27. The van der Waals surface area contributed by atoms with Crippen LogP contribution in [0.4, 0.5) is 10.1 Å². The number of aliphatic hydroxyl groups is 1. The molecule has 1 atom stereocenters. The zero-order valence-corrected chi connectivity index (χ0v) is 11.7. The Morgan fingerprint density at radius 2 is 1.70 bits per heavy atom. The van der Waals surface area contributed by atoms with Crippen molar-refractivity contribution < 1.29 is 9.50 Å². The maximum atomic E-state index is 13.8. The van der Waals surface area contributed by atoms with Gasteiger partial charge in [-0.2, -0.15) is 0 Å². The van der Waals surface area contributed by atoms with E-state index >= 15 is 0 Å². The van der Waals surface area contributed by atoms with Crippen molar-refractivity contribution >= 4 is 5.69 Å². The smallest absolute Gasteiger partial charge is 0.128 e. The van der Waals surface area contributed by atoms with Crippen LogP contribution < -0.4 is 4.90 Å². The molecule has 106 valence electrons. The summed E-state index contributed by atoms with van der Waals surface area (Å²) in [6, 6.07) is 16.6. The number of anilines is 1. The van der Waals surface area contributed by atoms with E-state index in [4.69, 9.17) is 0 Å². The molecular weight excluding hydrogens is 253 g/mol. The van der Waals surface area contributed by atoms with Crippen LogP contribution in [0.5, 0.6) is 0 Å². The molecule has 1 N–H and O–H groups in total. The molecule has 0 radical (unpaired) electrons. The molecule has 1 unspecified atom stereocenters. The maximum Gasteiger partial charge on any atom is 0.128 e. The van der Waals surface area contributed by atoms with Crippen LogP contribution >= 0.6 is 0 Å². The molecule has 0 aromatic heterocycles. The standard InChI is InChI=1S/C17H20FNO/c1-2-16(20)13-19(15-9-4-3-5-10-15)12-14-8-6-7-11-17(14)18/h3-11,16,20H,2,12-13H2,1H3. The molecule has 0 fully saturated rings. The van der Waals surface area contributed by atoms with E-state index < -0.39 is 6.10 Å². The van der Waals surface area contributed by atoms with Crippen LogP contribution in [0.3, 0.4) is 0 Å². The van der Waals surface area contributed by atoms with Gasteiger partial charge in [0.15, 0.2) is 0 Å². The van der Waals surface area contributed by atoms with Crippen LogP contribution in [-0.2, 0) is 6.54 Å². The van der Waals surface area contributed by atoms with Crippen molar-refractivity contribution in [1.82, 2.24) is 0 Å². The minimum Gasteiger partial charge on any atom is -0.391 e. The van der Waals surface area contributed by atoms with Crippen molar-refractivity contribution in [2.45, 2.75) is 26.0 Å². The fraction of sp³-hybridized carbons (Fsp3) is 0.294. The summed E-state index contributed by atoms with van der Waals surface area (Å²) in [7, 11) is 0. The van der Waals surface area contributed by atoms with Crippen LogP contribution in [0, 0.1) is 5.82 Å². The molecule has 3 heteroatoms. The second-order valence-corrected chi connectivity index (χ2v) is 4.87. The van der Waals surface area contributed by atoms with Gasteiger partial charge in [-0.25, -0.2) is 4.39 Å². The molecule has 0 aliphatic rings. The topological polar surface area (TPSA) is 23.5 Å². The van der Waals surface area contributed by atoms with Gasteiger partial charge in [0.2, 0.25) is 0 Å². The number of halogens is 1. The molecule has 2 nitrogen and oxygen atoms in total. The summed E-state index contributed by atoms with van der Waals surface area (Å²) in [6.45, 7) is 2.89. The van der Waals surface area contributed by atoms with Gasteiger partial charge in [0.25, 0.3) is 0 Å². The van der Waals surface area contributed by atoms with Gasteiger partial charge in [-0.1, -0.05) is 43.3 Å². The number of para-hydroxylation sites is 1. The van der Waals surface area contributed by atoms with Gasteiger partial charge in [0.05, 0.1) is 6.10 Å². The number of hydrogen-bond donors (Lipinski definition) is 1. The van der Waals surface area contributed by atoms with Gasteiger partial charge in [-0.3, -0.25) is 0 Å². The first kappa shape index (κ1) is 14.5. The van der Waals surface area contributed by atoms with Crippen LogP contribution in [0.1, 0.15) is 18.9 Å². The summed E-state index contributed by atoms with van der Waals surface area (Å²) in [6.07, 6.45) is 0.266. The fourth-order valence-corrected chi connectivity index (χ4v) is 2.12. The van der Waals surface area contributed by atoms with E-state index in [-0.39, 0.29) is 5.82 Å². The summed E-state index contributed by atoms with van der Waals surface area (Å²) in [5.74, 6) is -0.209. The van der Waals surface area contributed by atoms with E-state index in [9.17, 15) is 9.50 Å². The average Bonchev–Trinajstić information content (AvgIpc) is 2.49. The van der Waals surface area contributed by atoms with E-state index in [1.165, 1.54) is 6.07 Å². The Balaban J connectivity index is 2.21. The van der Waals surface area contributed by atoms with Crippen molar-refractivity contribution in [3.05, 3.63) is 66.0 Å². The number of hydrogen-bond acceptors (Lipinski definition) is 2. The lowest BCUT2D eigenvalue weighted by atomic mass is 10.1. The molecule has 2 aromatic carbocycles. The number of nitrogens with zero attached hydrogens (tertiary/aromatic N) is 1. The lowest BCUT2D eigenvalue weighted by molar-refractivity contribution is 0.175. The van der Waals surface area contributed by atoms with E-state index in [0.717, 1.165) is 5.69 Å². The fourth-order valence-electron chi connectivity index (χ4n) is 2.12. The second kappa shape index (κ2) is 7.06. The third kappa shape index (κ3) is 3.81. The predicted molar refractivity (Wildman–Crippen MR) is 80.2 cm³/mol. The van der Waals surface area contributed by atoms with E-state index in [1.807, 2.05) is 48.2 Å². The SMILES string of the molecule is CCC(O)CN(Cc1ccccc1F)c1ccccc1. The monoisotopic (exact) mass is 273 g/mol. The van der Waals surface area contributed by atoms with E-state index in [2.05, 4.69) is 0 Å². The Morgan fingerprint density at radius 3 is 2.35 bits per heavy atom. The van der Waals surface area contributed by atoms with Crippen molar-refractivity contribution in [2.75, 3.05) is 11.4 Å². The lowest BCUT2D eigenvalue weighted by Crippen LogP contribution is -2.32. The zero-order chi connectivity index (χ0) is 14.4. The second-order valence-electron chi connectivity index (χ2n) is 4.87. The molecule has 0 saturated carbocycles. The summed E-state index contributed by atoms with van der Waals surface area (Å²) < 4.78 is 13.8. The van der Waals surface area contributed by atoms with Gasteiger partial charge >= 0.3 is 0 Å². The molecule has 2 aromatic rings. The van der Waals surface area contributed by atoms with Crippen LogP contribution in [-0.4, -0.2) is 17.8 Å². The first-order valence-corrected chi connectivity index (χ1v) is 6.92. The number of aliphatic hydroxyl groups excluding tert-OH is 1. The summed E-state index contributed by atoms with van der Waals surface area (Å²) in [5, 5.41) is 9.90. The van der Waals surface area contributed by atoms with Gasteiger partial charge in [0, 0.05) is 24.3 Å². The quantitative estimate of drug-likeness (QED) is 0.869. The Bertz CT molecular complexity index is 530. The molecule has 2 rings (SSSR count). The van der Waals surface area contributed by atoms with Crippen molar-refractivity contribution in [2.24, 2.45) is 0 Å². The zero-order valence-electron chi connectivity index (χ0n) is 11.7. The highest BCUT2D eigenvalue weighted by Crippen LogP contribution is 2.19. The van der Waals surface area contributed by atoms with Gasteiger partial charge in [-0.05, 0) is 24.6 Å². The molecule has 0 bridgehead atoms. The Hall–Kier alpha value is -1.87. The van der Waals surface area contributed by atoms with Crippen molar-refractivity contribution in [3.8, 4) is 0 Å². The van der Waals surface area contributed by atoms with E-state index in [0.29, 0.717) is 25.1 Å². The van der Waals surface area contributed by atoms with Gasteiger partial charge in [0.1, 0.15) is 5.82 Å². The van der Waals surface area contributed by atoms with Gasteiger partial charge in [-0.15, -0.1) is 0 Å². The van der Waals surface area contributed by atoms with Crippen LogP contribution in [0.2, 0.25) is 0 Å². The van der Waals surface area contributed by atoms with Crippen LogP contribution in [0.25, 0.3) is 0 Å². The third-order valence-corrected chi connectivity index (χ3v) is 3.34. The molecule has 0 spiro atoms. The Labute approximate surface area is 119 Å². The minimum atomic E-state index is -0.415. The van der Waals surface area contributed by atoms with Crippen molar-refractivity contribution in [3.63, 3.8) is 0 Å². The Morgan fingerprint density at radius 1 is 1.05 bits per heavy atom. The van der Waals surface area contributed by atoms with Crippen molar-refractivity contribution in [1.29, 1.82) is 0 Å².